The largest absolute Gasteiger partial charge is 0.481 e. The van der Waals surface area contributed by atoms with Crippen LogP contribution in [0.15, 0.2) is 90.1 Å². The lowest BCUT2D eigenvalue weighted by molar-refractivity contribution is 0.0992. The van der Waals surface area contributed by atoms with Crippen molar-refractivity contribution in [2.45, 2.75) is 46.4 Å². The molecule has 0 saturated carbocycles. The minimum atomic E-state index is -0.565. The first kappa shape index (κ1) is 41.0. The molecule has 17 heteroatoms. The van der Waals surface area contributed by atoms with E-state index >= 15 is 0 Å². The predicted octanol–water partition coefficient (Wildman–Crippen LogP) is 5.57. The van der Waals surface area contributed by atoms with Gasteiger partial charge in [0.25, 0.3) is 11.8 Å². The third-order valence-electron chi connectivity index (χ3n) is 11.0. The first-order valence-electron chi connectivity index (χ1n) is 19.1. The first-order chi connectivity index (χ1) is 28.1. The molecule has 7 N–H and O–H groups in total. The molecule has 2 aliphatic heterocycles. The number of nitrogens with one attached hydrogen (secondary N) is 3. The van der Waals surface area contributed by atoms with Gasteiger partial charge < -0.3 is 41.8 Å². The fourth-order valence-corrected chi connectivity index (χ4v) is 7.89. The Balaban J connectivity index is 0.000000180. The molecule has 1 aromatic carbocycles. The molecule has 0 spiro atoms. The summed E-state index contributed by atoms with van der Waals surface area (Å²) in [6.45, 7) is 11.4. The second-order valence-electron chi connectivity index (χ2n) is 16.2. The number of fused-ring (bicyclic) bond motifs is 2. The summed E-state index contributed by atoms with van der Waals surface area (Å²) in [5.74, 6) is -0.532. The number of benzene rings is 1. The van der Waals surface area contributed by atoms with E-state index in [1.165, 1.54) is 12.4 Å². The topological polar surface area (TPSA) is 209 Å². The maximum absolute atomic E-state index is 12.7. The van der Waals surface area contributed by atoms with Crippen LogP contribution in [0.5, 0.6) is 5.88 Å². The Morgan fingerprint density at radius 2 is 1.51 bits per heavy atom. The molecule has 59 heavy (non-hydrogen) atoms. The van der Waals surface area contributed by atoms with Crippen LogP contribution >= 0.6 is 15.9 Å². The van der Waals surface area contributed by atoms with Gasteiger partial charge in [-0.25, -0.2) is 18.8 Å². The molecule has 2 fully saturated rings. The van der Waals surface area contributed by atoms with Gasteiger partial charge in [0.1, 0.15) is 6.61 Å². The van der Waals surface area contributed by atoms with E-state index in [1.54, 1.807) is 33.4 Å². The molecular weight excluding hydrogens is 818 g/mol. The highest BCUT2D eigenvalue weighted by Crippen LogP contribution is 2.36. The van der Waals surface area contributed by atoms with Crippen molar-refractivity contribution >= 4 is 56.2 Å². The van der Waals surface area contributed by atoms with Gasteiger partial charge in [-0.05, 0) is 50.7 Å². The van der Waals surface area contributed by atoms with Crippen LogP contribution in [-0.2, 0) is 11.3 Å². The van der Waals surface area contributed by atoms with Crippen molar-refractivity contribution in [1.29, 1.82) is 0 Å². The third kappa shape index (κ3) is 8.80. The average Bonchev–Trinajstić information content (AvgIpc) is 3.98. The van der Waals surface area contributed by atoms with E-state index in [0.717, 1.165) is 45.3 Å². The molecule has 5 aromatic heterocycles. The molecule has 0 bridgehead atoms. The molecule has 2 aliphatic rings. The monoisotopic (exact) mass is 865 g/mol. The Bertz CT molecular complexity index is 2520. The Labute approximate surface area is 349 Å². The smallest absolute Gasteiger partial charge is 0.410 e. The van der Waals surface area contributed by atoms with Crippen molar-refractivity contribution in [2.75, 3.05) is 43.9 Å². The number of rotatable bonds is 10. The average molecular weight is 867 g/mol. The summed E-state index contributed by atoms with van der Waals surface area (Å²) < 4.78 is 15.0. The summed E-state index contributed by atoms with van der Waals surface area (Å²) in [6, 6.07) is 17.3. The highest BCUT2D eigenvalue weighted by molar-refractivity contribution is 9.10. The van der Waals surface area contributed by atoms with E-state index in [0.29, 0.717) is 41.5 Å². The van der Waals surface area contributed by atoms with Gasteiger partial charge in [0.15, 0.2) is 0 Å². The summed E-state index contributed by atoms with van der Waals surface area (Å²) in [6.07, 6.45) is 8.03. The highest BCUT2D eigenvalue weighted by Gasteiger charge is 2.43. The van der Waals surface area contributed by atoms with Crippen molar-refractivity contribution in [3.05, 3.63) is 107 Å². The quantitative estimate of drug-likeness (QED) is 0.115. The van der Waals surface area contributed by atoms with E-state index in [1.807, 2.05) is 60.8 Å². The number of anilines is 2. The van der Waals surface area contributed by atoms with Gasteiger partial charge in [-0.15, -0.1) is 0 Å². The van der Waals surface area contributed by atoms with Gasteiger partial charge in [0.2, 0.25) is 5.88 Å². The van der Waals surface area contributed by atoms with Crippen LogP contribution in [0.2, 0.25) is 0 Å². The van der Waals surface area contributed by atoms with Crippen LogP contribution < -0.4 is 32.2 Å². The summed E-state index contributed by atoms with van der Waals surface area (Å²) in [5, 5.41) is 19.0. The number of hydrogen-bond donors (Lipinski definition) is 5. The number of pyridine rings is 1. The van der Waals surface area contributed by atoms with E-state index in [4.69, 9.17) is 20.9 Å². The van der Waals surface area contributed by atoms with Crippen LogP contribution in [0.4, 0.5) is 16.2 Å². The molecule has 2 saturated heterocycles. The second kappa shape index (κ2) is 16.6. The minimum Gasteiger partial charge on any atom is -0.481 e. The van der Waals surface area contributed by atoms with Gasteiger partial charge >= 0.3 is 6.09 Å². The Morgan fingerprint density at radius 3 is 2.14 bits per heavy atom. The molecule has 308 valence electrons. The Kier molecular flexibility index (Phi) is 11.5. The molecule has 16 nitrogen and oxygen atoms in total. The van der Waals surface area contributed by atoms with Crippen molar-refractivity contribution < 1.29 is 23.9 Å². The summed E-state index contributed by atoms with van der Waals surface area (Å²) >= 11 is 3.45. The van der Waals surface area contributed by atoms with Crippen LogP contribution in [0.25, 0.3) is 22.2 Å². The fraction of sp³-hybridized carbons (Fsp3) is 0.333. The van der Waals surface area contributed by atoms with E-state index in [9.17, 15) is 14.4 Å². The molecule has 2 atom stereocenters. The number of primary amides is 2. The van der Waals surface area contributed by atoms with Gasteiger partial charge in [0, 0.05) is 72.3 Å². The van der Waals surface area contributed by atoms with Crippen LogP contribution in [0, 0.1) is 10.8 Å². The van der Waals surface area contributed by atoms with Crippen LogP contribution in [-0.4, -0.2) is 92.4 Å². The number of nitrogens with two attached hydrogens (primary N) is 2. The van der Waals surface area contributed by atoms with Gasteiger partial charge in [-0.1, -0.05) is 58.0 Å². The lowest BCUT2D eigenvalue weighted by Gasteiger charge is -2.28. The SMILES string of the molecule is CC1(C)CN(C(=O)OCc2ccccc2)C[C@H]1Nc1c(C(N)=O)cnn2cc(Br)cc12.COc1cc(-c2cc3c(N[C@@H]4CNCC4(C)C)c(C(N)=O)cnn3c2)ccn1. The number of ether oxygens (including phenoxy) is 2. The van der Waals surface area contributed by atoms with Crippen molar-refractivity contribution in [3.63, 3.8) is 0 Å². The number of carbonyl (C=O) groups excluding carboxylic acids is 3. The summed E-state index contributed by atoms with van der Waals surface area (Å²) in [7, 11) is 1.59. The van der Waals surface area contributed by atoms with E-state index < -0.39 is 11.8 Å². The predicted molar refractivity (Wildman–Crippen MR) is 228 cm³/mol. The van der Waals surface area contributed by atoms with E-state index in [2.05, 4.69) is 74.8 Å². The van der Waals surface area contributed by atoms with Gasteiger partial charge in [-0.3, -0.25) is 9.59 Å². The Hall–Kier alpha value is -6.20. The number of nitrogens with zero attached hydrogens (tertiary/aromatic N) is 6. The molecule has 0 radical (unpaired) electrons. The standard InChI is InChI=1S/C22H24BrN5O3.C20H24N6O2/c1-22(2)13-27(21(30)31-12-14-6-4-3-5-7-14)11-18(22)26-19-16(20(24)29)9-25-28-10-15(23)8-17(19)28;1-20(2)11-22-9-16(20)25-18-14(19(21)27)8-24-26-10-13(6-15(18)26)12-4-5-23-17(7-12)28-3/h3-10,18,26H,11-13H2,1-2H3,(H2,24,29);4-8,10,16,22,25H,9,11H2,1-3H3,(H2,21,27)/t18-;16-/m11/s1. The van der Waals surface area contributed by atoms with Crippen molar-refractivity contribution in [2.24, 2.45) is 22.3 Å². The van der Waals surface area contributed by atoms with Gasteiger partial charge in [0.05, 0.1) is 59.1 Å². The zero-order chi connectivity index (χ0) is 42.1. The Morgan fingerprint density at radius 1 is 0.864 bits per heavy atom. The summed E-state index contributed by atoms with van der Waals surface area (Å²) in [4.78, 5) is 42.6. The summed E-state index contributed by atoms with van der Waals surface area (Å²) in [5.41, 5.74) is 17.4. The van der Waals surface area contributed by atoms with Crippen molar-refractivity contribution in [1.82, 2.24) is 34.4 Å². The van der Waals surface area contributed by atoms with Crippen molar-refractivity contribution in [3.8, 4) is 17.0 Å². The number of amides is 3. The molecule has 7 heterocycles. The molecule has 3 amide bonds. The minimum absolute atomic E-state index is 0.0447. The number of hydrogen-bond acceptors (Lipinski definition) is 11. The number of carbonyl (C=O) groups is 3. The molecule has 6 aromatic rings. The number of likely N-dealkylation sites (tertiary alicyclic amines) is 1. The zero-order valence-electron chi connectivity index (χ0n) is 33.5. The maximum atomic E-state index is 12.7. The molecular formula is C42H48BrN11O5. The number of methoxy groups -OCH3 is 1. The lowest BCUT2D eigenvalue weighted by Crippen LogP contribution is -2.36. The highest BCUT2D eigenvalue weighted by atomic mass is 79.9. The molecule has 0 unspecified atom stereocenters. The molecule has 8 rings (SSSR count). The second-order valence-corrected chi connectivity index (χ2v) is 17.1. The zero-order valence-corrected chi connectivity index (χ0v) is 35.1. The third-order valence-corrected chi connectivity index (χ3v) is 11.4. The normalized spacial score (nSPS) is 18.0. The fourth-order valence-electron chi connectivity index (χ4n) is 7.48. The lowest BCUT2D eigenvalue weighted by atomic mass is 9.87. The number of halogens is 1. The first-order valence-corrected chi connectivity index (χ1v) is 19.9. The van der Waals surface area contributed by atoms with Gasteiger partial charge in [-0.2, -0.15) is 10.2 Å². The maximum Gasteiger partial charge on any atom is 0.410 e. The van der Waals surface area contributed by atoms with E-state index in [-0.39, 0.29) is 35.6 Å². The number of aromatic nitrogens is 5. The van der Waals surface area contributed by atoms with Crippen LogP contribution in [0.3, 0.4) is 0 Å². The van der Waals surface area contributed by atoms with Crippen LogP contribution in [0.1, 0.15) is 54.0 Å². The molecule has 0 aliphatic carbocycles.